The minimum absolute atomic E-state index is 0.0240. The summed E-state index contributed by atoms with van der Waals surface area (Å²) in [7, 11) is 1.56. The first-order valence-electron chi connectivity index (χ1n) is 5.71. The largest absolute Gasteiger partial charge is 0.497 e. The summed E-state index contributed by atoms with van der Waals surface area (Å²) in [5.74, 6) is 0.720. The quantitative estimate of drug-likeness (QED) is 0.647. The van der Waals surface area contributed by atoms with E-state index in [0.717, 1.165) is 0 Å². The Bertz CT molecular complexity index is 642. The van der Waals surface area contributed by atoms with E-state index in [-0.39, 0.29) is 23.1 Å². The van der Waals surface area contributed by atoms with Crippen molar-refractivity contribution in [3.05, 3.63) is 40.1 Å². The van der Waals surface area contributed by atoms with Crippen molar-refractivity contribution in [1.29, 1.82) is 0 Å². The van der Waals surface area contributed by atoms with Gasteiger partial charge in [-0.1, -0.05) is 0 Å². The number of nitrogens with zero attached hydrogens (tertiary/aromatic N) is 3. The summed E-state index contributed by atoms with van der Waals surface area (Å²) < 4.78 is 5.04. The van der Waals surface area contributed by atoms with Gasteiger partial charge in [0.1, 0.15) is 11.4 Å². The molecule has 1 aromatic carbocycles. The number of nitrogens with two attached hydrogens (primary N) is 1. The highest BCUT2D eigenvalue weighted by Crippen LogP contribution is 2.29. The summed E-state index contributed by atoms with van der Waals surface area (Å²) in [5, 5.41) is 13.9. The monoisotopic (exact) mass is 275 g/mol. The predicted octanol–water partition coefficient (Wildman–Crippen LogP) is 2.03. The standard InChI is InChI=1S/C12H13N5O3/c1-7-10(17(18)19)11(16-12(13)14-7)15-8-3-5-9(20-2)6-4-8/h3-6H,1-2H3,(H3,13,14,15,16). The van der Waals surface area contributed by atoms with Crippen molar-refractivity contribution in [3.8, 4) is 5.75 Å². The Morgan fingerprint density at radius 2 is 1.95 bits per heavy atom. The highest BCUT2D eigenvalue weighted by Gasteiger charge is 2.21. The zero-order chi connectivity index (χ0) is 14.7. The molecule has 104 valence electrons. The van der Waals surface area contributed by atoms with Crippen LogP contribution >= 0.6 is 0 Å². The molecule has 0 saturated heterocycles. The Hall–Kier alpha value is -2.90. The van der Waals surface area contributed by atoms with Gasteiger partial charge >= 0.3 is 5.69 Å². The molecule has 0 atom stereocenters. The Kier molecular flexibility index (Phi) is 3.65. The van der Waals surface area contributed by atoms with Gasteiger partial charge in [0.25, 0.3) is 0 Å². The molecule has 0 radical (unpaired) electrons. The maximum absolute atomic E-state index is 11.1. The number of methoxy groups -OCH3 is 1. The van der Waals surface area contributed by atoms with Crippen molar-refractivity contribution in [3.63, 3.8) is 0 Å². The smallest absolute Gasteiger partial charge is 0.332 e. The number of anilines is 3. The van der Waals surface area contributed by atoms with Gasteiger partial charge in [0, 0.05) is 5.69 Å². The fourth-order valence-electron chi connectivity index (χ4n) is 1.71. The Labute approximate surface area is 114 Å². The average molecular weight is 275 g/mol. The molecule has 1 aromatic heterocycles. The molecule has 0 fully saturated rings. The molecule has 8 nitrogen and oxygen atoms in total. The lowest BCUT2D eigenvalue weighted by Gasteiger charge is -2.08. The predicted molar refractivity (Wildman–Crippen MR) is 74.1 cm³/mol. The van der Waals surface area contributed by atoms with Crippen LogP contribution in [-0.2, 0) is 0 Å². The summed E-state index contributed by atoms with van der Waals surface area (Å²) in [4.78, 5) is 18.2. The van der Waals surface area contributed by atoms with Gasteiger partial charge in [-0.25, -0.2) is 4.98 Å². The molecule has 0 aliphatic heterocycles. The zero-order valence-electron chi connectivity index (χ0n) is 11.0. The SMILES string of the molecule is COc1ccc(Nc2nc(N)nc(C)c2[N+](=O)[O-])cc1. The molecule has 0 aliphatic carbocycles. The fraction of sp³-hybridized carbons (Fsp3) is 0.167. The van der Waals surface area contributed by atoms with Crippen LogP contribution in [0.15, 0.2) is 24.3 Å². The molecule has 0 aliphatic rings. The minimum Gasteiger partial charge on any atom is -0.497 e. The van der Waals surface area contributed by atoms with E-state index in [1.165, 1.54) is 6.92 Å². The number of nitrogens with one attached hydrogen (secondary N) is 1. The van der Waals surface area contributed by atoms with Crippen LogP contribution in [0.1, 0.15) is 5.69 Å². The first-order valence-corrected chi connectivity index (χ1v) is 5.71. The number of nitrogen functional groups attached to an aromatic ring is 1. The maximum atomic E-state index is 11.1. The van der Waals surface area contributed by atoms with Crippen molar-refractivity contribution in [1.82, 2.24) is 9.97 Å². The Balaban J connectivity index is 2.39. The third kappa shape index (κ3) is 2.74. The van der Waals surface area contributed by atoms with Crippen LogP contribution in [0.5, 0.6) is 5.75 Å². The molecule has 8 heteroatoms. The van der Waals surface area contributed by atoms with E-state index < -0.39 is 4.92 Å². The molecule has 20 heavy (non-hydrogen) atoms. The number of nitro groups is 1. The highest BCUT2D eigenvalue weighted by atomic mass is 16.6. The summed E-state index contributed by atoms with van der Waals surface area (Å²) in [6.07, 6.45) is 0. The molecule has 1 heterocycles. The van der Waals surface area contributed by atoms with E-state index in [2.05, 4.69) is 15.3 Å². The zero-order valence-corrected chi connectivity index (χ0v) is 11.0. The van der Waals surface area contributed by atoms with Gasteiger partial charge in [-0.05, 0) is 31.2 Å². The molecule has 2 rings (SSSR count). The lowest BCUT2D eigenvalue weighted by atomic mass is 10.3. The first-order chi connectivity index (χ1) is 9.51. The Morgan fingerprint density at radius 3 is 2.50 bits per heavy atom. The number of hydrogen-bond donors (Lipinski definition) is 2. The van der Waals surface area contributed by atoms with Gasteiger partial charge in [-0.3, -0.25) is 10.1 Å². The second-order valence-corrected chi connectivity index (χ2v) is 3.98. The second-order valence-electron chi connectivity index (χ2n) is 3.98. The van der Waals surface area contributed by atoms with E-state index in [1.54, 1.807) is 31.4 Å². The number of ether oxygens (including phenoxy) is 1. The van der Waals surface area contributed by atoms with E-state index in [0.29, 0.717) is 11.4 Å². The van der Waals surface area contributed by atoms with Crippen molar-refractivity contribution < 1.29 is 9.66 Å². The third-order valence-electron chi connectivity index (χ3n) is 2.61. The number of benzene rings is 1. The second kappa shape index (κ2) is 5.39. The van der Waals surface area contributed by atoms with Crippen LogP contribution < -0.4 is 15.8 Å². The first kappa shape index (κ1) is 13.5. The summed E-state index contributed by atoms with van der Waals surface area (Å²) in [6.45, 7) is 1.51. The molecular formula is C12H13N5O3. The van der Waals surface area contributed by atoms with Gasteiger partial charge in [0.2, 0.25) is 11.8 Å². The summed E-state index contributed by atoms with van der Waals surface area (Å²) in [5.41, 5.74) is 6.16. The average Bonchev–Trinajstić information content (AvgIpc) is 2.38. The van der Waals surface area contributed by atoms with E-state index in [4.69, 9.17) is 10.5 Å². The Morgan fingerprint density at radius 1 is 1.30 bits per heavy atom. The topological polar surface area (TPSA) is 116 Å². The van der Waals surface area contributed by atoms with Crippen molar-refractivity contribution in [2.24, 2.45) is 0 Å². The molecular weight excluding hydrogens is 262 g/mol. The number of rotatable bonds is 4. The minimum atomic E-state index is -0.541. The third-order valence-corrected chi connectivity index (χ3v) is 2.61. The van der Waals surface area contributed by atoms with E-state index in [9.17, 15) is 10.1 Å². The van der Waals surface area contributed by atoms with Gasteiger partial charge in [-0.15, -0.1) is 0 Å². The van der Waals surface area contributed by atoms with E-state index >= 15 is 0 Å². The summed E-state index contributed by atoms with van der Waals surface area (Å²) in [6, 6.07) is 6.89. The van der Waals surface area contributed by atoms with Gasteiger partial charge < -0.3 is 15.8 Å². The van der Waals surface area contributed by atoms with Crippen molar-refractivity contribution in [2.45, 2.75) is 6.92 Å². The number of aryl methyl sites for hydroxylation is 1. The van der Waals surface area contributed by atoms with Crippen molar-refractivity contribution >= 4 is 23.1 Å². The highest BCUT2D eigenvalue weighted by molar-refractivity contribution is 5.68. The molecule has 0 saturated carbocycles. The van der Waals surface area contributed by atoms with Crippen LogP contribution in [0.25, 0.3) is 0 Å². The van der Waals surface area contributed by atoms with E-state index in [1.807, 2.05) is 0 Å². The van der Waals surface area contributed by atoms with Crippen LogP contribution in [0, 0.1) is 17.0 Å². The van der Waals surface area contributed by atoms with Crippen LogP contribution in [-0.4, -0.2) is 22.0 Å². The lowest BCUT2D eigenvalue weighted by molar-refractivity contribution is -0.385. The molecule has 0 unspecified atom stereocenters. The van der Waals surface area contributed by atoms with Gasteiger partial charge in [0.15, 0.2) is 0 Å². The van der Waals surface area contributed by atoms with Gasteiger partial charge in [0.05, 0.1) is 12.0 Å². The molecule has 0 amide bonds. The van der Waals surface area contributed by atoms with Crippen LogP contribution in [0.4, 0.5) is 23.1 Å². The maximum Gasteiger partial charge on any atom is 0.332 e. The molecule has 0 bridgehead atoms. The lowest BCUT2D eigenvalue weighted by Crippen LogP contribution is -2.06. The normalized spacial score (nSPS) is 10.1. The van der Waals surface area contributed by atoms with Crippen LogP contribution in [0.2, 0.25) is 0 Å². The number of aromatic nitrogens is 2. The fourth-order valence-corrected chi connectivity index (χ4v) is 1.71. The van der Waals surface area contributed by atoms with Gasteiger partial charge in [-0.2, -0.15) is 4.98 Å². The summed E-state index contributed by atoms with van der Waals surface area (Å²) >= 11 is 0. The number of hydrogen-bond acceptors (Lipinski definition) is 7. The molecule has 2 aromatic rings. The van der Waals surface area contributed by atoms with Crippen molar-refractivity contribution in [2.75, 3.05) is 18.2 Å². The molecule has 0 spiro atoms. The molecule has 3 N–H and O–H groups in total. The van der Waals surface area contributed by atoms with Crippen LogP contribution in [0.3, 0.4) is 0 Å².